The lowest BCUT2D eigenvalue weighted by atomic mass is 10.1. The van der Waals surface area contributed by atoms with Gasteiger partial charge in [0.25, 0.3) is 0 Å². The van der Waals surface area contributed by atoms with Crippen LogP contribution in [0.15, 0.2) is 24.3 Å². The zero-order valence-corrected chi connectivity index (χ0v) is 11.2. The molecule has 1 aliphatic rings. The van der Waals surface area contributed by atoms with Gasteiger partial charge in [-0.15, -0.1) is 0 Å². The zero-order chi connectivity index (χ0) is 13.1. The van der Waals surface area contributed by atoms with Crippen molar-refractivity contribution in [3.05, 3.63) is 29.8 Å². The van der Waals surface area contributed by atoms with Gasteiger partial charge in [0.2, 0.25) is 5.91 Å². The molecule has 3 nitrogen and oxygen atoms in total. The molecule has 0 heterocycles. The second-order valence-corrected chi connectivity index (χ2v) is 5.51. The molecule has 18 heavy (non-hydrogen) atoms. The van der Waals surface area contributed by atoms with E-state index in [2.05, 4.69) is 13.8 Å². The zero-order valence-electron chi connectivity index (χ0n) is 11.2. The van der Waals surface area contributed by atoms with Gasteiger partial charge >= 0.3 is 0 Å². The Hall–Kier alpha value is -1.51. The molecule has 0 spiro atoms. The van der Waals surface area contributed by atoms with E-state index in [-0.39, 0.29) is 11.9 Å². The molecule has 98 valence electrons. The van der Waals surface area contributed by atoms with Crippen LogP contribution in [-0.2, 0) is 11.3 Å². The Morgan fingerprint density at radius 1 is 1.44 bits per heavy atom. The first-order valence-corrected chi connectivity index (χ1v) is 6.70. The summed E-state index contributed by atoms with van der Waals surface area (Å²) in [6.45, 7) is 4.79. The fourth-order valence-electron chi connectivity index (χ4n) is 2.13. The maximum atomic E-state index is 12.2. The summed E-state index contributed by atoms with van der Waals surface area (Å²) < 4.78 is 0. The van der Waals surface area contributed by atoms with Crippen molar-refractivity contribution >= 4 is 11.6 Å². The number of hydrogen-bond donors (Lipinski definition) is 1. The van der Waals surface area contributed by atoms with Gasteiger partial charge < -0.3 is 10.6 Å². The van der Waals surface area contributed by atoms with Gasteiger partial charge in [-0.3, -0.25) is 4.79 Å². The van der Waals surface area contributed by atoms with Crippen molar-refractivity contribution in [2.24, 2.45) is 5.92 Å². The smallest absolute Gasteiger partial charge is 0.223 e. The second kappa shape index (κ2) is 5.42. The molecule has 1 aromatic rings. The van der Waals surface area contributed by atoms with Crippen molar-refractivity contribution in [1.29, 1.82) is 0 Å². The number of rotatable bonds is 5. The molecule has 1 saturated carbocycles. The lowest BCUT2D eigenvalue weighted by Gasteiger charge is -2.27. The summed E-state index contributed by atoms with van der Waals surface area (Å²) in [7, 11) is 0. The highest BCUT2D eigenvalue weighted by Crippen LogP contribution is 2.33. The Morgan fingerprint density at radius 3 is 2.72 bits per heavy atom. The fraction of sp³-hybridized carbons (Fsp3) is 0.533. The van der Waals surface area contributed by atoms with Gasteiger partial charge in [-0.05, 0) is 50.3 Å². The molecule has 0 aliphatic heterocycles. The van der Waals surface area contributed by atoms with E-state index in [9.17, 15) is 4.79 Å². The van der Waals surface area contributed by atoms with Gasteiger partial charge in [0.15, 0.2) is 0 Å². The molecular weight excluding hydrogens is 224 g/mol. The minimum absolute atomic E-state index is 0.234. The van der Waals surface area contributed by atoms with Crippen LogP contribution in [0.5, 0.6) is 0 Å². The number of carbonyl (C=O) groups excluding carboxylic acids is 1. The van der Waals surface area contributed by atoms with Crippen molar-refractivity contribution in [1.82, 2.24) is 4.90 Å². The topological polar surface area (TPSA) is 46.3 Å². The van der Waals surface area contributed by atoms with Gasteiger partial charge in [0.1, 0.15) is 0 Å². The lowest BCUT2D eigenvalue weighted by molar-refractivity contribution is -0.133. The molecule has 3 heteroatoms. The van der Waals surface area contributed by atoms with Crippen LogP contribution in [0.2, 0.25) is 0 Å². The summed E-state index contributed by atoms with van der Waals surface area (Å²) >= 11 is 0. The van der Waals surface area contributed by atoms with E-state index in [0.717, 1.165) is 11.3 Å². The number of benzene rings is 1. The number of anilines is 1. The van der Waals surface area contributed by atoms with E-state index >= 15 is 0 Å². The SMILES string of the molecule is CC(C)N(Cc1cccc(N)c1)C(=O)CC1CC1. The van der Waals surface area contributed by atoms with Gasteiger partial charge in [-0.1, -0.05) is 12.1 Å². The van der Waals surface area contributed by atoms with Crippen LogP contribution in [0.25, 0.3) is 0 Å². The molecule has 2 rings (SSSR count). The molecule has 0 atom stereocenters. The van der Waals surface area contributed by atoms with E-state index in [4.69, 9.17) is 5.73 Å². The number of amides is 1. The Labute approximate surface area is 109 Å². The number of nitrogens with zero attached hydrogens (tertiary/aromatic N) is 1. The quantitative estimate of drug-likeness (QED) is 0.812. The summed E-state index contributed by atoms with van der Waals surface area (Å²) in [5, 5.41) is 0. The van der Waals surface area contributed by atoms with E-state index in [0.29, 0.717) is 18.9 Å². The minimum Gasteiger partial charge on any atom is -0.399 e. The van der Waals surface area contributed by atoms with E-state index in [1.165, 1.54) is 12.8 Å². The van der Waals surface area contributed by atoms with Crippen molar-refractivity contribution in [3.63, 3.8) is 0 Å². The Balaban J connectivity index is 2.03. The van der Waals surface area contributed by atoms with Crippen LogP contribution in [0, 0.1) is 5.92 Å². The number of nitrogen functional groups attached to an aromatic ring is 1. The van der Waals surface area contributed by atoms with Crippen LogP contribution in [0.4, 0.5) is 5.69 Å². The summed E-state index contributed by atoms with van der Waals surface area (Å²) in [6.07, 6.45) is 3.15. The molecule has 0 bridgehead atoms. The third kappa shape index (κ3) is 3.49. The van der Waals surface area contributed by atoms with Gasteiger partial charge in [0.05, 0.1) is 0 Å². The first kappa shape index (κ1) is 12.9. The van der Waals surface area contributed by atoms with Gasteiger partial charge in [0, 0.05) is 24.7 Å². The summed E-state index contributed by atoms with van der Waals surface area (Å²) in [5.41, 5.74) is 7.63. The molecule has 0 unspecified atom stereocenters. The Morgan fingerprint density at radius 2 is 2.17 bits per heavy atom. The predicted octanol–water partition coefficient (Wildman–Crippen LogP) is 2.81. The van der Waals surface area contributed by atoms with E-state index < -0.39 is 0 Å². The normalized spacial score (nSPS) is 14.8. The molecule has 1 aromatic carbocycles. The fourth-order valence-corrected chi connectivity index (χ4v) is 2.13. The first-order chi connectivity index (χ1) is 8.56. The molecule has 1 fully saturated rings. The molecule has 1 amide bonds. The van der Waals surface area contributed by atoms with Gasteiger partial charge in [-0.2, -0.15) is 0 Å². The van der Waals surface area contributed by atoms with Crippen molar-refractivity contribution in [3.8, 4) is 0 Å². The largest absolute Gasteiger partial charge is 0.399 e. The maximum Gasteiger partial charge on any atom is 0.223 e. The predicted molar refractivity (Wildman–Crippen MR) is 73.9 cm³/mol. The molecule has 0 saturated heterocycles. The molecule has 2 N–H and O–H groups in total. The van der Waals surface area contributed by atoms with Crippen LogP contribution in [0.1, 0.15) is 38.7 Å². The van der Waals surface area contributed by atoms with Crippen molar-refractivity contribution < 1.29 is 4.79 Å². The highest BCUT2D eigenvalue weighted by atomic mass is 16.2. The van der Waals surface area contributed by atoms with Crippen LogP contribution in [-0.4, -0.2) is 16.8 Å². The highest BCUT2D eigenvalue weighted by Gasteiger charge is 2.27. The summed E-state index contributed by atoms with van der Waals surface area (Å²) in [5.74, 6) is 0.912. The van der Waals surface area contributed by atoms with E-state index in [1.54, 1.807) is 0 Å². The number of nitrogens with two attached hydrogens (primary N) is 1. The Bertz CT molecular complexity index is 424. The van der Waals surface area contributed by atoms with E-state index in [1.807, 2.05) is 29.2 Å². The van der Waals surface area contributed by atoms with Crippen molar-refractivity contribution in [2.75, 3.05) is 5.73 Å². The molecule has 0 aromatic heterocycles. The van der Waals surface area contributed by atoms with Crippen LogP contribution >= 0.6 is 0 Å². The monoisotopic (exact) mass is 246 g/mol. The highest BCUT2D eigenvalue weighted by molar-refractivity contribution is 5.77. The number of hydrogen-bond acceptors (Lipinski definition) is 2. The Kier molecular flexibility index (Phi) is 3.90. The standard InChI is InChI=1S/C15H22N2O/c1-11(2)17(15(18)9-12-6-7-12)10-13-4-3-5-14(16)8-13/h3-5,8,11-12H,6-7,9-10,16H2,1-2H3. The minimum atomic E-state index is 0.234. The third-order valence-electron chi connectivity index (χ3n) is 3.41. The average molecular weight is 246 g/mol. The lowest BCUT2D eigenvalue weighted by Crippen LogP contribution is -2.36. The summed E-state index contributed by atoms with van der Waals surface area (Å²) in [4.78, 5) is 14.2. The first-order valence-electron chi connectivity index (χ1n) is 6.70. The second-order valence-electron chi connectivity index (χ2n) is 5.51. The maximum absolute atomic E-state index is 12.2. The number of carbonyl (C=O) groups is 1. The molecule has 0 radical (unpaired) electrons. The van der Waals surface area contributed by atoms with Crippen LogP contribution in [0.3, 0.4) is 0 Å². The van der Waals surface area contributed by atoms with Crippen LogP contribution < -0.4 is 5.73 Å². The van der Waals surface area contributed by atoms with Gasteiger partial charge in [-0.25, -0.2) is 0 Å². The molecular formula is C15H22N2O. The summed E-state index contributed by atoms with van der Waals surface area (Å²) in [6, 6.07) is 8.01. The molecule has 1 aliphatic carbocycles. The average Bonchev–Trinajstić information content (AvgIpc) is 3.09. The van der Waals surface area contributed by atoms with Crippen molar-refractivity contribution in [2.45, 2.75) is 45.7 Å². The third-order valence-corrected chi connectivity index (χ3v) is 3.41.